The number of benzene rings is 1. The molecule has 2 aromatic rings. The molecule has 2 atom stereocenters. The summed E-state index contributed by atoms with van der Waals surface area (Å²) in [5.74, 6) is 0.537. The molecule has 1 aromatic carbocycles. The lowest BCUT2D eigenvalue weighted by atomic mass is 10.0. The van der Waals surface area contributed by atoms with E-state index in [4.69, 9.17) is 5.11 Å². The van der Waals surface area contributed by atoms with Crippen LogP contribution >= 0.6 is 0 Å². The number of carbonyl (C=O) groups excluding carboxylic acids is 1. The zero-order chi connectivity index (χ0) is 15.3. The molecule has 0 bridgehead atoms. The van der Waals surface area contributed by atoms with E-state index in [1.54, 1.807) is 12.3 Å². The zero-order valence-corrected chi connectivity index (χ0v) is 11.9. The number of H-pyrrole nitrogens is 1. The van der Waals surface area contributed by atoms with Gasteiger partial charge in [-0.1, -0.05) is 0 Å². The van der Waals surface area contributed by atoms with Gasteiger partial charge in [0.15, 0.2) is 0 Å². The number of fused-ring (bicyclic) bond motifs is 2. The van der Waals surface area contributed by atoms with Crippen molar-refractivity contribution in [3.63, 3.8) is 0 Å². The van der Waals surface area contributed by atoms with Gasteiger partial charge in [-0.15, -0.1) is 0 Å². The highest BCUT2D eigenvalue weighted by molar-refractivity contribution is 5.98. The summed E-state index contributed by atoms with van der Waals surface area (Å²) in [6.07, 6.45) is 0.841. The smallest absolute Gasteiger partial charge is 0.407 e. The van der Waals surface area contributed by atoms with Crippen LogP contribution in [0, 0.1) is 11.8 Å². The second-order valence-corrected chi connectivity index (χ2v) is 6.09. The van der Waals surface area contributed by atoms with Crippen LogP contribution in [0.4, 0.5) is 4.79 Å². The second-order valence-electron chi connectivity index (χ2n) is 6.09. The molecule has 0 radical (unpaired) electrons. The highest BCUT2D eigenvalue weighted by atomic mass is 16.4. The first-order valence-corrected chi connectivity index (χ1v) is 7.32. The van der Waals surface area contributed by atoms with Crippen molar-refractivity contribution in [1.82, 2.24) is 20.0 Å². The Morgan fingerprint density at radius 3 is 2.50 bits per heavy atom. The van der Waals surface area contributed by atoms with E-state index in [0.717, 1.165) is 10.9 Å². The lowest BCUT2D eigenvalue weighted by Gasteiger charge is -2.20. The molecular formula is C15H16N4O3. The van der Waals surface area contributed by atoms with Crippen LogP contribution in [-0.2, 0) is 0 Å². The van der Waals surface area contributed by atoms with E-state index in [2.05, 4.69) is 10.2 Å². The van der Waals surface area contributed by atoms with Crippen molar-refractivity contribution in [2.45, 2.75) is 0 Å². The molecule has 7 nitrogen and oxygen atoms in total. The average molecular weight is 300 g/mol. The van der Waals surface area contributed by atoms with Crippen LogP contribution in [0.25, 0.3) is 10.9 Å². The minimum atomic E-state index is -0.863. The fourth-order valence-corrected chi connectivity index (χ4v) is 3.57. The number of hydrogen-bond acceptors (Lipinski definition) is 3. The van der Waals surface area contributed by atoms with E-state index in [-0.39, 0.29) is 17.7 Å². The summed E-state index contributed by atoms with van der Waals surface area (Å²) in [4.78, 5) is 26.9. The zero-order valence-electron chi connectivity index (χ0n) is 11.9. The SMILES string of the molecule is O=C(O)N1CC2CN(C(=O)c3ccc4[nH]ncc4c3)CC2C1. The van der Waals surface area contributed by atoms with Crippen molar-refractivity contribution in [3.05, 3.63) is 30.0 Å². The molecule has 0 aliphatic carbocycles. The second kappa shape index (κ2) is 4.72. The highest BCUT2D eigenvalue weighted by Crippen LogP contribution is 2.32. The van der Waals surface area contributed by atoms with Gasteiger partial charge in [-0.3, -0.25) is 9.89 Å². The Bertz CT molecular complexity index is 742. The van der Waals surface area contributed by atoms with E-state index in [9.17, 15) is 9.59 Å². The molecular weight excluding hydrogens is 284 g/mol. The van der Waals surface area contributed by atoms with Crippen molar-refractivity contribution in [2.75, 3.05) is 26.2 Å². The first kappa shape index (κ1) is 13.1. The van der Waals surface area contributed by atoms with Gasteiger partial charge in [0.25, 0.3) is 5.91 Å². The van der Waals surface area contributed by atoms with Gasteiger partial charge in [0.05, 0.1) is 11.7 Å². The van der Waals surface area contributed by atoms with Gasteiger partial charge in [0.2, 0.25) is 0 Å². The standard InChI is InChI=1S/C15H16N4O3/c20-14(9-1-2-13-10(3-9)4-16-17-13)18-5-11-7-19(15(21)22)8-12(11)6-18/h1-4,11-12H,5-8H2,(H,16,17)(H,21,22). The van der Waals surface area contributed by atoms with Crippen LogP contribution < -0.4 is 0 Å². The van der Waals surface area contributed by atoms with E-state index < -0.39 is 6.09 Å². The predicted molar refractivity (Wildman–Crippen MR) is 78.6 cm³/mol. The molecule has 7 heteroatoms. The number of nitrogens with one attached hydrogen (secondary N) is 1. The molecule has 22 heavy (non-hydrogen) atoms. The Labute approximate surface area is 126 Å². The maximum Gasteiger partial charge on any atom is 0.407 e. The fraction of sp³-hybridized carbons (Fsp3) is 0.400. The number of aromatic nitrogens is 2. The van der Waals surface area contributed by atoms with Gasteiger partial charge in [-0.05, 0) is 18.2 Å². The minimum absolute atomic E-state index is 0.0133. The van der Waals surface area contributed by atoms with Crippen LogP contribution in [0.1, 0.15) is 10.4 Å². The van der Waals surface area contributed by atoms with Crippen LogP contribution in [0.2, 0.25) is 0 Å². The first-order chi connectivity index (χ1) is 10.6. The summed E-state index contributed by atoms with van der Waals surface area (Å²) < 4.78 is 0. The number of hydrogen-bond donors (Lipinski definition) is 2. The van der Waals surface area contributed by atoms with Gasteiger partial charge < -0.3 is 14.9 Å². The molecule has 0 saturated carbocycles. The maximum atomic E-state index is 12.6. The summed E-state index contributed by atoms with van der Waals surface area (Å²) in [5, 5.41) is 16.8. The van der Waals surface area contributed by atoms with Crippen molar-refractivity contribution in [1.29, 1.82) is 0 Å². The first-order valence-electron chi connectivity index (χ1n) is 7.32. The van der Waals surface area contributed by atoms with E-state index in [1.165, 1.54) is 4.90 Å². The Morgan fingerprint density at radius 2 is 1.82 bits per heavy atom. The number of carboxylic acid groups (broad SMARTS) is 1. The lowest BCUT2D eigenvalue weighted by molar-refractivity contribution is 0.0774. The summed E-state index contributed by atoms with van der Waals surface area (Å²) >= 11 is 0. The van der Waals surface area contributed by atoms with Gasteiger partial charge in [-0.25, -0.2) is 4.79 Å². The Kier molecular flexibility index (Phi) is 2.82. The predicted octanol–water partition coefficient (Wildman–Crippen LogP) is 1.24. The molecule has 2 saturated heterocycles. The number of rotatable bonds is 1. The van der Waals surface area contributed by atoms with Crippen LogP contribution in [0.5, 0.6) is 0 Å². The van der Waals surface area contributed by atoms with Gasteiger partial charge >= 0.3 is 6.09 Å². The number of carbonyl (C=O) groups is 2. The van der Waals surface area contributed by atoms with Crippen LogP contribution in [-0.4, -0.2) is 63.3 Å². The third-order valence-electron chi connectivity index (χ3n) is 4.73. The summed E-state index contributed by atoms with van der Waals surface area (Å²) in [5.41, 5.74) is 1.57. The molecule has 3 heterocycles. The van der Waals surface area contributed by atoms with Gasteiger partial charge in [0.1, 0.15) is 0 Å². The molecule has 2 fully saturated rings. The number of nitrogens with zero attached hydrogens (tertiary/aromatic N) is 3. The number of aromatic amines is 1. The van der Waals surface area contributed by atoms with Crippen LogP contribution in [0.15, 0.2) is 24.4 Å². The molecule has 2 N–H and O–H groups in total. The average Bonchev–Trinajstić information content (AvgIpc) is 3.18. The normalized spacial score (nSPS) is 24.0. The van der Waals surface area contributed by atoms with Crippen molar-refractivity contribution in [3.8, 4) is 0 Å². The van der Waals surface area contributed by atoms with E-state index in [0.29, 0.717) is 31.7 Å². The van der Waals surface area contributed by atoms with Crippen molar-refractivity contribution >= 4 is 22.9 Å². The topological polar surface area (TPSA) is 89.5 Å². The number of amides is 2. The summed E-state index contributed by atoms with van der Waals surface area (Å²) in [6.45, 7) is 2.34. The summed E-state index contributed by atoms with van der Waals surface area (Å²) in [7, 11) is 0. The molecule has 1 aromatic heterocycles. The molecule has 2 unspecified atom stereocenters. The monoisotopic (exact) mass is 300 g/mol. The molecule has 0 spiro atoms. The third kappa shape index (κ3) is 2.01. The third-order valence-corrected chi connectivity index (χ3v) is 4.73. The fourth-order valence-electron chi connectivity index (χ4n) is 3.57. The Morgan fingerprint density at radius 1 is 1.14 bits per heavy atom. The molecule has 2 amide bonds. The van der Waals surface area contributed by atoms with Gasteiger partial charge in [-0.2, -0.15) is 5.10 Å². The lowest BCUT2D eigenvalue weighted by Crippen LogP contribution is -2.35. The molecule has 2 aliphatic rings. The molecule has 114 valence electrons. The maximum absolute atomic E-state index is 12.6. The van der Waals surface area contributed by atoms with Crippen molar-refractivity contribution in [2.24, 2.45) is 11.8 Å². The van der Waals surface area contributed by atoms with E-state index in [1.807, 2.05) is 17.0 Å². The minimum Gasteiger partial charge on any atom is -0.465 e. The van der Waals surface area contributed by atoms with E-state index >= 15 is 0 Å². The molecule has 4 rings (SSSR count). The summed E-state index contributed by atoms with van der Waals surface area (Å²) in [6, 6.07) is 5.51. The highest BCUT2D eigenvalue weighted by Gasteiger charge is 2.43. The molecule has 2 aliphatic heterocycles. The Hall–Kier alpha value is -2.57. The Balaban J connectivity index is 1.50. The van der Waals surface area contributed by atoms with Gasteiger partial charge in [0, 0.05) is 49.0 Å². The number of likely N-dealkylation sites (tertiary alicyclic amines) is 2. The quantitative estimate of drug-likeness (QED) is 0.829. The van der Waals surface area contributed by atoms with Crippen LogP contribution in [0.3, 0.4) is 0 Å². The van der Waals surface area contributed by atoms with Crippen molar-refractivity contribution < 1.29 is 14.7 Å². The largest absolute Gasteiger partial charge is 0.465 e.